The van der Waals surface area contributed by atoms with Crippen molar-refractivity contribution in [2.24, 2.45) is 5.10 Å². The van der Waals surface area contributed by atoms with Gasteiger partial charge in [-0.15, -0.1) is 0 Å². The second-order valence-corrected chi connectivity index (χ2v) is 14.7. The molecule has 322 valence electrons. The number of carbonyl (C=O) groups is 4. The molecular formula is C52H46N4O8. The van der Waals surface area contributed by atoms with E-state index in [9.17, 15) is 19.2 Å². The van der Waals surface area contributed by atoms with Crippen molar-refractivity contribution in [3.63, 3.8) is 0 Å². The van der Waals surface area contributed by atoms with Crippen LogP contribution in [0, 0.1) is 0 Å². The highest BCUT2D eigenvalue weighted by atomic mass is 16.7. The van der Waals surface area contributed by atoms with E-state index < -0.39 is 36.1 Å². The van der Waals surface area contributed by atoms with Gasteiger partial charge < -0.3 is 29.6 Å². The average Bonchev–Trinajstić information content (AvgIpc) is 3.33. The fourth-order valence-electron chi connectivity index (χ4n) is 6.70. The van der Waals surface area contributed by atoms with E-state index in [0.717, 1.165) is 33.0 Å². The number of alkyl carbamates (subject to hydrolysis) is 1. The second-order valence-electron chi connectivity index (χ2n) is 14.7. The minimum Gasteiger partial charge on any atom is -0.489 e. The third-order valence-electron chi connectivity index (χ3n) is 10.0. The van der Waals surface area contributed by atoms with Crippen LogP contribution in [0.15, 0.2) is 187 Å². The first-order valence-electron chi connectivity index (χ1n) is 20.7. The topological polar surface area (TPSA) is 154 Å². The zero-order chi connectivity index (χ0) is 44.4. The lowest BCUT2D eigenvalue weighted by Gasteiger charge is -2.23. The summed E-state index contributed by atoms with van der Waals surface area (Å²) >= 11 is 0. The normalized spacial score (nSPS) is 11.8. The quantitative estimate of drug-likeness (QED) is 0.0335. The molecule has 0 saturated heterocycles. The molecule has 2 unspecified atom stereocenters. The van der Waals surface area contributed by atoms with Gasteiger partial charge in [-0.3, -0.25) is 9.59 Å². The highest BCUT2D eigenvalue weighted by molar-refractivity contribution is 5.92. The predicted octanol–water partition coefficient (Wildman–Crippen LogP) is 8.85. The van der Waals surface area contributed by atoms with Crippen molar-refractivity contribution in [3.8, 4) is 11.5 Å². The molecule has 0 aliphatic rings. The third kappa shape index (κ3) is 13.4. The Hall–Kier alpha value is -8.25. The number of benzene rings is 7. The lowest BCUT2D eigenvalue weighted by Crippen LogP contribution is -2.54. The predicted molar refractivity (Wildman–Crippen MR) is 243 cm³/mol. The fourth-order valence-corrected chi connectivity index (χ4v) is 6.70. The molecule has 0 aliphatic carbocycles. The molecule has 12 nitrogen and oxygen atoms in total. The summed E-state index contributed by atoms with van der Waals surface area (Å²) in [7, 11) is 0. The van der Waals surface area contributed by atoms with Crippen LogP contribution in [0.3, 0.4) is 0 Å². The Morgan fingerprint density at radius 3 is 1.72 bits per heavy atom. The Bertz CT molecular complexity index is 2640. The molecule has 0 saturated carbocycles. The Morgan fingerprint density at radius 1 is 0.500 bits per heavy atom. The Morgan fingerprint density at radius 2 is 1.05 bits per heavy atom. The number of hydrogen-bond donors (Lipinski definition) is 3. The Balaban J connectivity index is 0.995. The van der Waals surface area contributed by atoms with Crippen molar-refractivity contribution >= 4 is 41.1 Å². The maximum atomic E-state index is 14.1. The molecular weight excluding hydrogens is 809 g/mol. The van der Waals surface area contributed by atoms with Crippen molar-refractivity contribution in [2.45, 2.75) is 44.7 Å². The molecule has 0 aromatic heterocycles. The largest absolute Gasteiger partial charge is 0.514 e. The van der Waals surface area contributed by atoms with E-state index in [1.54, 1.807) is 24.3 Å². The van der Waals surface area contributed by atoms with E-state index in [4.69, 9.17) is 18.9 Å². The first kappa shape index (κ1) is 43.8. The molecule has 2 atom stereocenters. The van der Waals surface area contributed by atoms with Gasteiger partial charge in [-0.25, -0.2) is 15.0 Å². The van der Waals surface area contributed by atoms with Crippen LogP contribution in [0.5, 0.6) is 11.5 Å². The molecule has 0 radical (unpaired) electrons. The molecule has 0 bridgehead atoms. The molecule has 3 amide bonds. The summed E-state index contributed by atoms with van der Waals surface area (Å²) in [6.45, 7) is 0.430. The maximum absolute atomic E-state index is 14.1. The first-order valence-corrected chi connectivity index (χ1v) is 20.7. The van der Waals surface area contributed by atoms with E-state index in [2.05, 4.69) is 39.4 Å². The monoisotopic (exact) mass is 854 g/mol. The van der Waals surface area contributed by atoms with Crippen molar-refractivity contribution in [1.82, 2.24) is 16.1 Å². The maximum Gasteiger partial charge on any atom is 0.514 e. The summed E-state index contributed by atoms with van der Waals surface area (Å²) in [4.78, 5) is 53.3. The smallest absolute Gasteiger partial charge is 0.489 e. The van der Waals surface area contributed by atoms with Crippen LogP contribution in [-0.2, 0) is 51.7 Å². The van der Waals surface area contributed by atoms with Gasteiger partial charge in [0.1, 0.15) is 43.4 Å². The minimum absolute atomic E-state index is 0.00445. The number of amides is 3. The lowest BCUT2D eigenvalue weighted by molar-refractivity contribution is -0.130. The molecule has 0 fully saturated rings. The molecule has 0 heterocycles. The number of nitrogens with one attached hydrogen (secondary N) is 3. The van der Waals surface area contributed by atoms with Gasteiger partial charge >= 0.3 is 12.2 Å². The summed E-state index contributed by atoms with van der Waals surface area (Å²) in [5, 5.41) is 12.0. The molecule has 7 aromatic rings. The summed E-state index contributed by atoms with van der Waals surface area (Å²) in [5.74, 6) is -0.315. The number of carbonyl (C=O) groups excluding carboxylic acids is 4. The molecule has 0 spiro atoms. The summed E-state index contributed by atoms with van der Waals surface area (Å²) in [6.07, 6.45) is -0.0702. The zero-order valence-corrected chi connectivity index (χ0v) is 34.8. The van der Waals surface area contributed by atoms with Crippen LogP contribution in [0.4, 0.5) is 9.59 Å². The van der Waals surface area contributed by atoms with Crippen LogP contribution in [0.2, 0.25) is 0 Å². The highest BCUT2D eigenvalue weighted by Crippen LogP contribution is 2.21. The molecule has 7 aromatic carbocycles. The average molecular weight is 855 g/mol. The van der Waals surface area contributed by atoms with Gasteiger partial charge in [0, 0.05) is 12.8 Å². The zero-order valence-electron chi connectivity index (χ0n) is 34.8. The van der Waals surface area contributed by atoms with Crippen molar-refractivity contribution < 1.29 is 38.1 Å². The number of hydrogen-bond acceptors (Lipinski definition) is 9. The van der Waals surface area contributed by atoms with Crippen LogP contribution in [0.1, 0.15) is 33.4 Å². The standard InChI is InChI=1S/C52H46N4O8/c57-49(47(55-51(59)62-34-40-15-6-2-7-16-40)32-38-23-29-45(30-24-38)64-52(60)63-35-41-17-8-3-9-18-41)54-48(31-37-13-4-1-5-14-37)50(58)56-53-33-39-25-27-44(28-26-39)61-36-43-21-12-20-42-19-10-11-22-46(42)43/h1-30,33,47-48H,31-32,34-36H2,(H,54,57)(H,55,59)(H,56,58)/b53-33+. The third-order valence-corrected chi connectivity index (χ3v) is 10.0. The molecule has 3 N–H and O–H groups in total. The summed E-state index contributed by atoms with van der Waals surface area (Å²) in [6, 6.07) is 53.3. The fraction of sp³-hybridized carbons (Fsp3) is 0.135. The number of rotatable bonds is 18. The molecule has 12 heteroatoms. The number of hydrazone groups is 1. The van der Waals surface area contributed by atoms with Gasteiger partial charge in [-0.05, 0) is 80.6 Å². The van der Waals surface area contributed by atoms with E-state index >= 15 is 0 Å². The number of ether oxygens (including phenoxy) is 4. The Kier molecular flexibility index (Phi) is 15.4. The Labute approximate surface area is 370 Å². The molecule has 64 heavy (non-hydrogen) atoms. The van der Waals surface area contributed by atoms with Gasteiger partial charge in [-0.1, -0.05) is 146 Å². The van der Waals surface area contributed by atoms with Gasteiger partial charge in [0.2, 0.25) is 5.91 Å². The van der Waals surface area contributed by atoms with Crippen molar-refractivity contribution in [3.05, 3.63) is 215 Å². The van der Waals surface area contributed by atoms with E-state index in [1.807, 2.05) is 140 Å². The van der Waals surface area contributed by atoms with Crippen molar-refractivity contribution in [2.75, 3.05) is 0 Å². The number of fused-ring (bicyclic) bond motifs is 1. The summed E-state index contributed by atoms with van der Waals surface area (Å²) in [5.41, 5.74) is 7.33. The van der Waals surface area contributed by atoms with Crippen molar-refractivity contribution in [1.29, 1.82) is 0 Å². The van der Waals surface area contributed by atoms with Gasteiger partial charge in [0.15, 0.2) is 0 Å². The van der Waals surface area contributed by atoms with Crippen LogP contribution >= 0.6 is 0 Å². The summed E-state index contributed by atoms with van der Waals surface area (Å²) < 4.78 is 22.1. The van der Waals surface area contributed by atoms with Crippen LogP contribution < -0.4 is 25.5 Å². The second kappa shape index (κ2) is 22.6. The molecule has 0 aliphatic heterocycles. The SMILES string of the molecule is O=C(NC(Cc1ccc(OC(=O)OCc2ccccc2)cc1)C(=O)NC(Cc1ccccc1)C(=O)N/N=C/c1ccc(OCc2cccc3ccccc23)cc1)OCc1ccccc1. The van der Waals surface area contributed by atoms with Crippen LogP contribution in [0.25, 0.3) is 10.8 Å². The van der Waals surface area contributed by atoms with E-state index in [1.165, 1.54) is 6.21 Å². The van der Waals surface area contributed by atoms with Gasteiger partial charge in [-0.2, -0.15) is 5.10 Å². The minimum atomic E-state index is -1.18. The highest BCUT2D eigenvalue weighted by Gasteiger charge is 2.28. The molecule has 7 rings (SSSR count). The first-order chi connectivity index (χ1) is 31.3. The van der Waals surface area contributed by atoms with E-state index in [-0.39, 0.29) is 31.8 Å². The van der Waals surface area contributed by atoms with Crippen LogP contribution in [-0.4, -0.2) is 42.4 Å². The van der Waals surface area contributed by atoms with Gasteiger partial charge in [0.05, 0.1) is 6.21 Å². The van der Waals surface area contributed by atoms with E-state index in [0.29, 0.717) is 23.5 Å². The lowest BCUT2D eigenvalue weighted by atomic mass is 10.0. The number of nitrogens with zero attached hydrogens (tertiary/aromatic N) is 1. The van der Waals surface area contributed by atoms with Gasteiger partial charge in [0.25, 0.3) is 5.91 Å².